The first-order valence-corrected chi connectivity index (χ1v) is 12.6. The SMILES string of the molecule is CCOc1ccc([C@H]2C(=C(O)c3ccccc3)C(=O)C(=O)N2CCCN2CCOCC2)cc1OCC. The lowest BCUT2D eigenvalue weighted by molar-refractivity contribution is -0.140. The van der Waals surface area contributed by atoms with Crippen molar-refractivity contribution in [3.8, 4) is 11.5 Å². The molecule has 0 aromatic heterocycles. The van der Waals surface area contributed by atoms with E-state index in [9.17, 15) is 14.7 Å². The number of rotatable bonds is 10. The van der Waals surface area contributed by atoms with Crippen molar-refractivity contribution in [3.63, 3.8) is 0 Å². The third-order valence-electron chi connectivity index (χ3n) is 6.45. The quantitative estimate of drug-likeness (QED) is 0.307. The Hall–Kier alpha value is -3.36. The summed E-state index contributed by atoms with van der Waals surface area (Å²) in [4.78, 5) is 30.4. The van der Waals surface area contributed by atoms with E-state index in [-0.39, 0.29) is 11.3 Å². The van der Waals surface area contributed by atoms with Crippen molar-refractivity contribution in [3.05, 3.63) is 65.2 Å². The highest BCUT2D eigenvalue weighted by molar-refractivity contribution is 6.46. The molecular formula is C28H34N2O6. The second-order valence-corrected chi connectivity index (χ2v) is 8.74. The molecule has 2 aromatic carbocycles. The van der Waals surface area contributed by atoms with Gasteiger partial charge in [-0.3, -0.25) is 14.5 Å². The molecule has 1 N–H and O–H groups in total. The zero-order valence-corrected chi connectivity index (χ0v) is 20.9. The summed E-state index contributed by atoms with van der Waals surface area (Å²) in [5.74, 6) is -0.335. The van der Waals surface area contributed by atoms with Crippen molar-refractivity contribution in [1.29, 1.82) is 0 Å². The highest BCUT2D eigenvalue weighted by atomic mass is 16.5. The second kappa shape index (κ2) is 12.1. The van der Waals surface area contributed by atoms with Crippen LogP contribution in [0, 0.1) is 0 Å². The molecule has 0 saturated carbocycles. The molecule has 36 heavy (non-hydrogen) atoms. The maximum Gasteiger partial charge on any atom is 0.295 e. The van der Waals surface area contributed by atoms with Crippen LogP contribution in [0.1, 0.15) is 37.4 Å². The van der Waals surface area contributed by atoms with E-state index in [1.165, 1.54) is 0 Å². The summed E-state index contributed by atoms with van der Waals surface area (Å²) in [6.07, 6.45) is 0.699. The Morgan fingerprint density at radius 1 is 0.972 bits per heavy atom. The summed E-state index contributed by atoms with van der Waals surface area (Å²) in [6.45, 7) is 8.99. The van der Waals surface area contributed by atoms with E-state index < -0.39 is 17.7 Å². The monoisotopic (exact) mass is 494 g/mol. The van der Waals surface area contributed by atoms with Crippen LogP contribution >= 0.6 is 0 Å². The molecule has 8 nitrogen and oxygen atoms in total. The molecule has 0 aliphatic carbocycles. The lowest BCUT2D eigenvalue weighted by Crippen LogP contribution is -2.39. The summed E-state index contributed by atoms with van der Waals surface area (Å²) in [6, 6.07) is 13.5. The number of hydrogen-bond acceptors (Lipinski definition) is 7. The minimum atomic E-state index is -0.732. The Morgan fingerprint density at radius 2 is 1.67 bits per heavy atom. The summed E-state index contributed by atoms with van der Waals surface area (Å²) >= 11 is 0. The lowest BCUT2D eigenvalue weighted by atomic mass is 9.95. The number of morpholine rings is 1. The number of carbonyl (C=O) groups excluding carboxylic acids is 2. The molecule has 8 heteroatoms. The van der Waals surface area contributed by atoms with Gasteiger partial charge in [-0.1, -0.05) is 36.4 Å². The van der Waals surface area contributed by atoms with Crippen LogP contribution in [-0.2, 0) is 14.3 Å². The molecule has 4 rings (SSSR count). The minimum absolute atomic E-state index is 0.0872. The Kier molecular flexibility index (Phi) is 8.61. The molecule has 2 aromatic rings. The van der Waals surface area contributed by atoms with Crippen molar-refractivity contribution in [2.24, 2.45) is 0 Å². The largest absolute Gasteiger partial charge is 0.507 e. The number of hydrogen-bond donors (Lipinski definition) is 1. The summed E-state index contributed by atoms with van der Waals surface area (Å²) < 4.78 is 16.9. The van der Waals surface area contributed by atoms with Gasteiger partial charge in [0.05, 0.1) is 38.0 Å². The van der Waals surface area contributed by atoms with Crippen LogP contribution in [0.4, 0.5) is 0 Å². The highest BCUT2D eigenvalue weighted by Gasteiger charge is 2.46. The summed E-state index contributed by atoms with van der Waals surface area (Å²) in [5.41, 5.74) is 1.26. The van der Waals surface area contributed by atoms with Crippen LogP contribution in [0.5, 0.6) is 11.5 Å². The molecular weight excluding hydrogens is 460 g/mol. The van der Waals surface area contributed by atoms with Gasteiger partial charge in [0.1, 0.15) is 5.76 Å². The first kappa shape index (κ1) is 25.7. The molecule has 0 unspecified atom stereocenters. The van der Waals surface area contributed by atoms with E-state index in [0.29, 0.717) is 62.0 Å². The van der Waals surface area contributed by atoms with Crippen molar-refractivity contribution < 1.29 is 28.9 Å². The number of aliphatic hydroxyl groups is 1. The van der Waals surface area contributed by atoms with Crippen molar-refractivity contribution in [2.45, 2.75) is 26.3 Å². The van der Waals surface area contributed by atoms with Gasteiger partial charge in [0, 0.05) is 31.7 Å². The maximum absolute atomic E-state index is 13.3. The van der Waals surface area contributed by atoms with Gasteiger partial charge in [0.25, 0.3) is 11.7 Å². The molecule has 1 amide bonds. The third kappa shape index (κ3) is 5.55. The number of carbonyl (C=O) groups is 2. The van der Waals surface area contributed by atoms with E-state index in [4.69, 9.17) is 14.2 Å². The number of likely N-dealkylation sites (tertiary alicyclic amines) is 1. The first-order valence-electron chi connectivity index (χ1n) is 12.6. The van der Waals surface area contributed by atoms with Crippen molar-refractivity contribution in [1.82, 2.24) is 9.80 Å². The number of ether oxygens (including phenoxy) is 3. The maximum atomic E-state index is 13.3. The zero-order valence-electron chi connectivity index (χ0n) is 20.9. The minimum Gasteiger partial charge on any atom is -0.507 e. The molecule has 2 fully saturated rings. The Bertz CT molecular complexity index is 1090. The third-order valence-corrected chi connectivity index (χ3v) is 6.45. The molecule has 1 atom stereocenters. The van der Waals surface area contributed by atoms with Crippen LogP contribution < -0.4 is 9.47 Å². The number of amides is 1. The lowest BCUT2D eigenvalue weighted by Gasteiger charge is -2.29. The second-order valence-electron chi connectivity index (χ2n) is 8.74. The normalized spacial score (nSPS) is 20.1. The number of nitrogens with zero attached hydrogens (tertiary/aromatic N) is 2. The fraction of sp³-hybridized carbons (Fsp3) is 0.429. The van der Waals surface area contributed by atoms with E-state index in [1.54, 1.807) is 41.3 Å². The van der Waals surface area contributed by atoms with Crippen LogP contribution in [0.15, 0.2) is 54.1 Å². The van der Waals surface area contributed by atoms with Gasteiger partial charge >= 0.3 is 0 Å². The molecule has 2 aliphatic rings. The molecule has 0 spiro atoms. The molecule has 0 radical (unpaired) electrons. The molecule has 2 saturated heterocycles. The van der Waals surface area contributed by atoms with Crippen LogP contribution in [0.2, 0.25) is 0 Å². The first-order chi connectivity index (χ1) is 17.5. The molecule has 0 bridgehead atoms. The Balaban J connectivity index is 1.71. The van der Waals surface area contributed by atoms with Crippen LogP contribution in [0.3, 0.4) is 0 Å². The summed E-state index contributed by atoms with van der Waals surface area (Å²) in [5, 5.41) is 11.2. The van der Waals surface area contributed by atoms with Crippen molar-refractivity contribution >= 4 is 17.4 Å². The molecule has 2 aliphatic heterocycles. The van der Waals surface area contributed by atoms with Gasteiger partial charge in [0.15, 0.2) is 11.5 Å². The van der Waals surface area contributed by atoms with Gasteiger partial charge < -0.3 is 24.2 Å². The zero-order chi connectivity index (χ0) is 25.5. The Morgan fingerprint density at radius 3 is 2.36 bits per heavy atom. The topological polar surface area (TPSA) is 88.5 Å². The fourth-order valence-electron chi connectivity index (χ4n) is 4.74. The fourth-order valence-corrected chi connectivity index (χ4v) is 4.74. The average Bonchev–Trinajstić information content (AvgIpc) is 3.16. The molecule has 192 valence electrons. The van der Waals surface area contributed by atoms with E-state index in [1.807, 2.05) is 26.0 Å². The predicted molar refractivity (Wildman–Crippen MR) is 136 cm³/mol. The Labute approximate surface area is 212 Å². The average molecular weight is 495 g/mol. The number of ketones is 1. The number of Topliss-reactive ketones (excluding diaryl/α,β-unsaturated/α-hetero) is 1. The standard InChI is InChI=1S/C28H34N2O6/c1-3-35-22-12-11-21(19-23(22)36-4-2)25-24(26(31)20-9-6-5-7-10-20)27(32)28(33)30(25)14-8-13-29-15-17-34-18-16-29/h5-7,9-12,19,25,31H,3-4,8,13-18H2,1-2H3/t25-/m0/s1. The van der Waals surface area contributed by atoms with E-state index in [2.05, 4.69) is 4.90 Å². The van der Waals surface area contributed by atoms with Gasteiger partial charge in [-0.05, 0) is 38.0 Å². The molecule has 2 heterocycles. The van der Waals surface area contributed by atoms with Gasteiger partial charge in [-0.15, -0.1) is 0 Å². The highest BCUT2D eigenvalue weighted by Crippen LogP contribution is 2.42. The van der Waals surface area contributed by atoms with Crippen LogP contribution in [-0.4, -0.2) is 79.2 Å². The van der Waals surface area contributed by atoms with Crippen LogP contribution in [0.25, 0.3) is 5.76 Å². The van der Waals surface area contributed by atoms with Crippen molar-refractivity contribution in [2.75, 3.05) is 52.6 Å². The van der Waals surface area contributed by atoms with Gasteiger partial charge in [-0.2, -0.15) is 0 Å². The van der Waals surface area contributed by atoms with E-state index >= 15 is 0 Å². The summed E-state index contributed by atoms with van der Waals surface area (Å²) in [7, 11) is 0. The van der Waals surface area contributed by atoms with E-state index in [0.717, 1.165) is 19.6 Å². The van der Waals surface area contributed by atoms with Gasteiger partial charge in [-0.25, -0.2) is 0 Å². The van der Waals surface area contributed by atoms with Gasteiger partial charge in [0.2, 0.25) is 0 Å². The predicted octanol–water partition coefficient (Wildman–Crippen LogP) is 3.63. The smallest absolute Gasteiger partial charge is 0.295 e. The number of benzene rings is 2. The number of aliphatic hydroxyl groups excluding tert-OH is 1.